The summed E-state index contributed by atoms with van der Waals surface area (Å²) in [7, 11) is 1.65. The average Bonchev–Trinajstić information content (AvgIpc) is 1.59. The highest BCUT2D eigenvalue weighted by atomic mass is 79.9. The molecule has 0 bridgehead atoms. The van der Waals surface area contributed by atoms with Crippen molar-refractivity contribution in [1.29, 1.82) is 0 Å². The lowest BCUT2D eigenvalue weighted by Crippen LogP contribution is -3.00. The SMILES string of the molecule is CN1C(=O)/C(=c2\s/c(=C/c3ccc4c(c3)C3CCCC3N4c3ccc(C=C(c4ccccc4)c4ccccc4)cc3)c(=O)n2CC(=O)NCCCCCCCCCC[n+]2ccc(-c3cc[n+](CCCCCCCCCCNOCCN4C(=O)/C(=C\c5ccc6c(c5)C5CCCC5N6c5ccc(C=C(c6ccccc6)c6ccccc6)cc5)SC4=S)cc3)cc2)SC1=S.[Br-].[Br-]. The van der Waals surface area contributed by atoms with Gasteiger partial charge >= 0.3 is 0 Å². The lowest BCUT2D eigenvalue weighted by Gasteiger charge is -2.27. The van der Waals surface area contributed by atoms with Crippen molar-refractivity contribution in [3.8, 4) is 11.1 Å². The van der Waals surface area contributed by atoms with Gasteiger partial charge in [0.1, 0.15) is 37.8 Å². The third kappa shape index (κ3) is 23.0. The summed E-state index contributed by atoms with van der Waals surface area (Å²) in [5.74, 6) is 0.262. The molecular formula is C108H113Br2N9O5S5. The largest absolute Gasteiger partial charge is 1.00 e. The van der Waals surface area contributed by atoms with Crippen LogP contribution in [0.5, 0.6) is 0 Å². The van der Waals surface area contributed by atoms with Gasteiger partial charge in [0.25, 0.3) is 17.4 Å². The number of hydroxylamine groups is 1. The van der Waals surface area contributed by atoms with E-state index >= 15 is 0 Å². The zero-order valence-electron chi connectivity index (χ0n) is 73.3. The first-order valence-electron chi connectivity index (χ1n) is 45.9. The number of benzene rings is 8. The second kappa shape index (κ2) is 45.9. The zero-order chi connectivity index (χ0) is 86.8. The Morgan fingerprint density at radius 3 is 1.35 bits per heavy atom. The molecule has 0 spiro atoms. The van der Waals surface area contributed by atoms with Crippen LogP contribution in [0.3, 0.4) is 0 Å². The Labute approximate surface area is 803 Å². The van der Waals surface area contributed by atoms with E-state index in [0.29, 0.717) is 71.3 Å². The second-order valence-corrected chi connectivity index (χ2v) is 38.8. The van der Waals surface area contributed by atoms with Crippen LogP contribution in [0.1, 0.15) is 209 Å². The fourth-order valence-electron chi connectivity index (χ4n) is 19.3. The molecule has 2 N–H and O–H groups in total. The van der Waals surface area contributed by atoms with Crippen LogP contribution in [-0.2, 0) is 38.9 Å². The van der Waals surface area contributed by atoms with Crippen LogP contribution in [0.15, 0.2) is 265 Å². The number of aryl methyl sites for hydroxylation is 2. The van der Waals surface area contributed by atoms with Crippen LogP contribution in [-0.4, -0.2) is 86.1 Å². The van der Waals surface area contributed by atoms with Crippen LogP contribution >= 0.6 is 59.3 Å². The molecule has 4 unspecified atom stereocenters. The van der Waals surface area contributed by atoms with E-state index in [1.54, 1.807) is 11.9 Å². The van der Waals surface area contributed by atoms with Crippen molar-refractivity contribution >= 4 is 149 Å². The van der Waals surface area contributed by atoms with Crippen LogP contribution in [0.25, 0.3) is 51.5 Å². The van der Waals surface area contributed by atoms with Gasteiger partial charge in [-0.05, 0) is 202 Å². The number of nitrogens with one attached hydrogen (secondary N) is 2. The summed E-state index contributed by atoms with van der Waals surface area (Å²) in [6.07, 6.45) is 42.7. The molecule has 17 rings (SSSR count). The number of thioether (sulfide) groups is 2. The summed E-state index contributed by atoms with van der Waals surface area (Å²) in [6.45, 7) is 3.95. The number of amides is 3. The molecule has 6 aliphatic rings. The lowest BCUT2D eigenvalue weighted by molar-refractivity contribution is -0.697. The number of hydrogen-bond donors (Lipinski definition) is 2. The van der Waals surface area contributed by atoms with Gasteiger partial charge in [-0.15, -0.1) is 11.3 Å². The highest BCUT2D eigenvalue weighted by molar-refractivity contribution is 8.30. The minimum Gasteiger partial charge on any atom is -1.00 e. The Balaban J connectivity index is 0.00000639. The predicted molar refractivity (Wildman–Crippen MR) is 531 cm³/mol. The van der Waals surface area contributed by atoms with E-state index in [4.69, 9.17) is 29.3 Å². The molecular weight excluding hydrogens is 1820 g/mol. The second-order valence-electron chi connectivity index (χ2n) is 34.4. The number of hydrogen-bond acceptors (Lipinski definition) is 13. The summed E-state index contributed by atoms with van der Waals surface area (Å²) in [5.41, 5.74) is 24.2. The van der Waals surface area contributed by atoms with Crippen LogP contribution < -0.4 is 78.4 Å². The van der Waals surface area contributed by atoms with Crippen LogP contribution in [0.2, 0.25) is 0 Å². The number of nitrogens with zero attached hydrogens (tertiary/aromatic N) is 7. The average molecular weight is 1940 g/mol. The Hall–Kier alpha value is -9.78. The molecule has 2 aliphatic carbocycles. The standard InChI is InChI=1S/C108H112N9O5S5.2BrH/c1-111-105(121)102(127-107(111)123)106-115(104(120)99(125-106)74-79-48-54-97-93(72-79)89-40-30-42-95(89)116(97)87-50-44-77(45-51-87)70-91(83-32-18-14-19-33-83)84-34-20-15-21-35-84)76-101(118)109-60-26-10-6-2-4-8-12-28-62-112-64-56-81(57-65-112)82-58-66-113(67-59-82)63-29-13-9-5-3-7-11-27-61-110-122-69-68-114-103(119)100(126-108(114)124)75-80-49-55-98-94(73-80)90-41-31-43-96(90)117(98)88-52-46-78(47-53-88)71-92(85-36-22-16-23-37-85)86-38-24-17-25-39-86;;/h14-25,32-39,44-59,64-67,70-75,89-90,95-96,110H,2-13,26-31,40-43,60-63,68-69,76H2,1H3;2*1H/q+1;;/p-1/b99-74+,100-75+,106-102+;;. The van der Waals surface area contributed by atoms with Crippen molar-refractivity contribution in [2.24, 2.45) is 0 Å². The number of pyridine rings is 2. The van der Waals surface area contributed by atoms with Gasteiger partial charge in [-0.1, -0.05) is 283 Å². The van der Waals surface area contributed by atoms with E-state index in [1.165, 1.54) is 199 Å². The highest BCUT2D eigenvalue weighted by Crippen LogP contribution is 2.55. The first-order valence-corrected chi connectivity index (χ1v) is 49.2. The molecule has 0 radical (unpaired) electrons. The van der Waals surface area contributed by atoms with Crippen LogP contribution in [0.4, 0.5) is 22.7 Å². The van der Waals surface area contributed by atoms with Crippen molar-refractivity contribution in [2.45, 2.75) is 185 Å². The van der Waals surface area contributed by atoms with Gasteiger partial charge < -0.3 is 49.1 Å². The number of thiazole rings is 1. The van der Waals surface area contributed by atoms with E-state index in [0.717, 1.165) is 107 Å². The van der Waals surface area contributed by atoms with E-state index < -0.39 is 0 Å². The number of carbonyl (C=O) groups is 3. The number of carbonyl (C=O) groups excluding carboxylic acids is 3. The number of aromatic nitrogens is 3. The summed E-state index contributed by atoms with van der Waals surface area (Å²) in [6, 6.07) is 83.3. The van der Waals surface area contributed by atoms with E-state index in [-0.39, 0.29) is 63.8 Å². The number of unbranched alkanes of at least 4 members (excludes halogenated alkanes) is 14. The summed E-state index contributed by atoms with van der Waals surface area (Å²) in [4.78, 5) is 70.5. The fraction of sp³-hybridized carbons (Fsp3) is 0.315. The summed E-state index contributed by atoms with van der Waals surface area (Å²) in [5, 5.41) is 3.08. The highest BCUT2D eigenvalue weighted by Gasteiger charge is 2.44. The third-order valence-electron chi connectivity index (χ3n) is 25.9. The van der Waals surface area contributed by atoms with E-state index in [9.17, 15) is 19.2 Å². The van der Waals surface area contributed by atoms with Gasteiger partial charge in [-0.3, -0.25) is 38.4 Å². The molecule has 3 amide bonds. The fourth-order valence-corrected chi connectivity index (χ4v) is 23.0. The maximum absolute atomic E-state index is 14.5. The van der Waals surface area contributed by atoms with E-state index in [2.05, 4.69) is 297 Å². The summed E-state index contributed by atoms with van der Waals surface area (Å²) < 4.78 is 8.01. The number of halogens is 2. The van der Waals surface area contributed by atoms with Crippen molar-refractivity contribution in [2.75, 3.05) is 43.1 Å². The van der Waals surface area contributed by atoms with Crippen molar-refractivity contribution in [3.63, 3.8) is 0 Å². The van der Waals surface area contributed by atoms with Gasteiger partial charge in [0, 0.05) is 104 Å². The molecule has 14 nitrogen and oxygen atoms in total. The van der Waals surface area contributed by atoms with Crippen molar-refractivity contribution < 1.29 is 62.3 Å². The maximum atomic E-state index is 14.5. The lowest BCUT2D eigenvalue weighted by atomic mass is 9.95. The number of fused-ring (bicyclic) bond motifs is 6. The molecule has 129 heavy (non-hydrogen) atoms. The topological polar surface area (TPSA) is 127 Å². The van der Waals surface area contributed by atoms with Gasteiger partial charge in [0.15, 0.2) is 24.8 Å². The number of anilines is 4. The molecule has 4 fully saturated rings. The normalized spacial score (nSPS) is 17.5. The molecule has 4 atom stereocenters. The van der Waals surface area contributed by atoms with Crippen molar-refractivity contribution in [3.05, 3.63) is 335 Å². The first kappa shape index (κ1) is 93.9. The Morgan fingerprint density at radius 2 is 0.899 bits per heavy atom. The zero-order valence-corrected chi connectivity index (χ0v) is 80.6. The molecule has 3 aromatic heterocycles. The molecule has 2 saturated heterocycles. The molecule has 11 aromatic rings. The third-order valence-corrected chi connectivity index (χ3v) is 30.1. The Bertz CT molecular complexity index is 5940. The molecule has 7 heterocycles. The van der Waals surface area contributed by atoms with Crippen LogP contribution in [0, 0.1) is 0 Å². The smallest absolute Gasteiger partial charge is 0.269 e. The number of thiocarbonyl (C=S) groups is 2. The van der Waals surface area contributed by atoms with Gasteiger partial charge in [-0.25, -0.2) is 14.6 Å². The first-order chi connectivity index (χ1) is 62.4. The molecule has 2 saturated carbocycles. The number of rotatable bonds is 39. The quantitative estimate of drug-likeness (QED) is 0.00951. The minimum absolute atomic E-state index is 0. The minimum atomic E-state index is -0.290. The predicted octanol–water partition coefficient (Wildman–Crippen LogP) is 15.8. The molecule has 664 valence electrons. The maximum Gasteiger partial charge on any atom is 0.269 e. The monoisotopic (exact) mass is 1930 g/mol. The van der Waals surface area contributed by atoms with Gasteiger partial charge in [-0.2, -0.15) is 0 Å². The van der Waals surface area contributed by atoms with E-state index in [1.807, 2.05) is 12.2 Å². The Kier molecular flexibility index (Phi) is 33.4. The Morgan fingerprint density at radius 1 is 0.473 bits per heavy atom. The van der Waals surface area contributed by atoms with Gasteiger partial charge in [0.05, 0.1) is 22.6 Å². The van der Waals surface area contributed by atoms with Gasteiger partial charge in [0.2, 0.25) is 5.91 Å². The molecule has 21 heteroatoms. The molecule has 4 aliphatic heterocycles. The molecule has 8 aromatic carbocycles. The summed E-state index contributed by atoms with van der Waals surface area (Å²) >= 11 is 15.1. The van der Waals surface area contributed by atoms with Crippen molar-refractivity contribution in [1.82, 2.24) is 25.2 Å².